The molecular formula is C18H15ClN2O2S. The minimum Gasteiger partial charge on any atom is -0.464 e. The quantitative estimate of drug-likeness (QED) is 0.740. The third-order valence-electron chi connectivity index (χ3n) is 3.76. The summed E-state index contributed by atoms with van der Waals surface area (Å²) in [6.07, 6.45) is 0. The van der Waals surface area contributed by atoms with Crippen molar-refractivity contribution in [2.45, 2.75) is 29.7 Å². The van der Waals surface area contributed by atoms with E-state index < -0.39 is 6.04 Å². The van der Waals surface area contributed by atoms with Gasteiger partial charge >= 0.3 is 5.97 Å². The number of carbonyl (C=O) groups excluding carboxylic acids is 1. The molecule has 0 aliphatic carbocycles. The van der Waals surface area contributed by atoms with Gasteiger partial charge in [0.1, 0.15) is 6.04 Å². The Morgan fingerprint density at radius 1 is 1.29 bits per heavy atom. The third-order valence-corrected chi connectivity index (χ3v) is 5.11. The van der Waals surface area contributed by atoms with Crippen molar-refractivity contribution < 1.29 is 9.53 Å². The van der Waals surface area contributed by atoms with E-state index in [0.29, 0.717) is 17.2 Å². The lowest BCUT2D eigenvalue weighted by Gasteiger charge is -2.36. The summed E-state index contributed by atoms with van der Waals surface area (Å²) in [6.45, 7) is 3.91. The highest BCUT2D eigenvalue weighted by Crippen LogP contribution is 2.50. The number of benzene rings is 2. The van der Waals surface area contributed by atoms with Crippen molar-refractivity contribution >= 4 is 40.7 Å². The number of rotatable bonds is 3. The lowest BCUT2D eigenvalue weighted by atomic mass is 10.1. The van der Waals surface area contributed by atoms with Gasteiger partial charge in [-0.3, -0.25) is 0 Å². The van der Waals surface area contributed by atoms with Gasteiger partial charge in [-0.2, -0.15) is 5.26 Å². The van der Waals surface area contributed by atoms with Crippen LogP contribution in [-0.4, -0.2) is 18.6 Å². The van der Waals surface area contributed by atoms with Gasteiger partial charge in [-0.15, -0.1) is 0 Å². The van der Waals surface area contributed by atoms with Crippen molar-refractivity contribution in [2.75, 3.05) is 11.5 Å². The van der Waals surface area contributed by atoms with Gasteiger partial charge in [0.2, 0.25) is 0 Å². The molecule has 1 atom stereocenters. The van der Waals surface area contributed by atoms with Crippen molar-refractivity contribution in [3.8, 4) is 6.07 Å². The summed E-state index contributed by atoms with van der Waals surface area (Å²) in [6, 6.07) is 12.7. The van der Waals surface area contributed by atoms with E-state index in [4.69, 9.17) is 16.3 Å². The van der Waals surface area contributed by atoms with Gasteiger partial charge in [-0.1, -0.05) is 23.4 Å². The Morgan fingerprint density at radius 2 is 2.08 bits per heavy atom. The SMILES string of the molecule is CCOC(=O)C(C)N1c2ccc(Cl)cc2Sc2ccc(C#N)cc21. The Balaban J connectivity index is 2.15. The van der Waals surface area contributed by atoms with Crippen LogP contribution >= 0.6 is 23.4 Å². The van der Waals surface area contributed by atoms with Crippen LogP contribution in [0.15, 0.2) is 46.2 Å². The summed E-state index contributed by atoms with van der Waals surface area (Å²) in [4.78, 5) is 16.2. The number of carbonyl (C=O) groups is 1. The molecule has 1 unspecified atom stereocenters. The first-order valence-corrected chi connectivity index (χ1v) is 8.72. The molecule has 0 radical (unpaired) electrons. The number of hydrogen-bond donors (Lipinski definition) is 0. The molecule has 1 aliphatic rings. The van der Waals surface area contributed by atoms with E-state index in [1.165, 1.54) is 0 Å². The zero-order valence-electron chi connectivity index (χ0n) is 13.2. The minimum absolute atomic E-state index is 0.307. The molecular weight excluding hydrogens is 344 g/mol. The van der Waals surface area contributed by atoms with Gasteiger partial charge in [-0.25, -0.2) is 4.79 Å². The predicted molar refractivity (Wildman–Crippen MR) is 95.0 cm³/mol. The normalized spacial score (nSPS) is 13.5. The highest BCUT2D eigenvalue weighted by atomic mass is 35.5. The molecule has 3 rings (SSSR count). The van der Waals surface area contributed by atoms with Crippen molar-refractivity contribution in [2.24, 2.45) is 0 Å². The van der Waals surface area contributed by atoms with Crippen LogP contribution in [0.3, 0.4) is 0 Å². The molecule has 1 aliphatic heterocycles. The van der Waals surface area contributed by atoms with Crippen LogP contribution in [0.1, 0.15) is 19.4 Å². The monoisotopic (exact) mass is 358 g/mol. The van der Waals surface area contributed by atoms with Gasteiger partial charge in [-0.05, 0) is 50.2 Å². The Labute approximate surface area is 150 Å². The zero-order valence-corrected chi connectivity index (χ0v) is 14.8. The van der Waals surface area contributed by atoms with Crippen molar-refractivity contribution in [3.63, 3.8) is 0 Å². The van der Waals surface area contributed by atoms with E-state index >= 15 is 0 Å². The van der Waals surface area contributed by atoms with E-state index in [1.54, 1.807) is 43.8 Å². The maximum absolute atomic E-state index is 12.3. The molecule has 0 spiro atoms. The molecule has 0 N–H and O–H groups in total. The molecule has 0 aromatic heterocycles. The van der Waals surface area contributed by atoms with E-state index in [1.807, 2.05) is 23.1 Å². The summed E-state index contributed by atoms with van der Waals surface area (Å²) in [7, 11) is 0. The molecule has 0 saturated heterocycles. The van der Waals surface area contributed by atoms with Crippen LogP contribution in [0, 0.1) is 11.3 Å². The first kappa shape index (κ1) is 16.7. The Kier molecular flexibility index (Phi) is 4.70. The summed E-state index contributed by atoms with van der Waals surface area (Å²) in [5, 5.41) is 9.85. The van der Waals surface area contributed by atoms with E-state index in [0.717, 1.165) is 21.2 Å². The van der Waals surface area contributed by atoms with Gasteiger partial charge in [0.15, 0.2) is 0 Å². The average molecular weight is 359 g/mol. The fourth-order valence-corrected chi connectivity index (χ4v) is 3.99. The van der Waals surface area contributed by atoms with E-state index in [2.05, 4.69) is 6.07 Å². The second-order valence-corrected chi connectivity index (χ2v) is 6.83. The number of anilines is 2. The molecule has 1 heterocycles. The van der Waals surface area contributed by atoms with Crippen LogP contribution in [0.2, 0.25) is 5.02 Å². The summed E-state index contributed by atoms with van der Waals surface area (Å²) >= 11 is 7.70. The molecule has 122 valence electrons. The Hall–Kier alpha value is -2.16. The zero-order chi connectivity index (χ0) is 17.3. The highest BCUT2D eigenvalue weighted by molar-refractivity contribution is 7.99. The van der Waals surface area contributed by atoms with Crippen molar-refractivity contribution in [1.29, 1.82) is 5.26 Å². The fraction of sp³-hybridized carbons (Fsp3) is 0.222. The van der Waals surface area contributed by atoms with Gasteiger partial charge in [0, 0.05) is 14.8 Å². The van der Waals surface area contributed by atoms with E-state index in [9.17, 15) is 10.1 Å². The lowest BCUT2D eigenvalue weighted by Crippen LogP contribution is -2.38. The fourth-order valence-electron chi connectivity index (χ4n) is 2.66. The molecule has 4 nitrogen and oxygen atoms in total. The van der Waals surface area contributed by atoms with Crippen molar-refractivity contribution in [3.05, 3.63) is 47.0 Å². The molecule has 2 aromatic rings. The maximum atomic E-state index is 12.3. The number of halogens is 1. The minimum atomic E-state index is -0.515. The van der Waals surface area contributed by atoms with Crippen LogP contribution in [0.5, 0.6) is 0 Å². The largest absolute Gasteiger partial charge is 0.464 e. The van der Waals surface area contributed by atoms with Crippen LogP contribution in [0.4, 0.5) is 11.4 Å². The number of nitriles is 1. The standard InChI is InChI=1S/C18H15ClN2O2S/c1-3-23-18(22)11(2)21-14-6-5-13(19)9-17(14)24-16-7-4-12(10-20)8-15(16)21/h4-9,11H,3H2,1-2H3. The highest BCUT2D eigenvalue weighted by Gasteiger charge is 2.31. The first-order chi connectivity index (χ1) is 11.5. The van der Waals surface area contributed by atoms with Gasteiger partial charge < -0.3 is 9.64 Å². The first-order valence-electron chi connectivity index (χ1n) is 7.52. The Morgan fingerprint density at radius 3 is 2.79 bits per heavy atom. The second-order valence-electron chi connectivity index (χ2n) is 5.31. The number of fused-ring (bicyclic) bond motifs is 2. The van der Waals surface area contributed by atoms with E-state index in [-0.39, 0.29) is 5.97 Å². The molecule has 0 amide bonds. The molecule has 24 heavy (non-hydrogen) atoms. The topological polar surface area (TPSA) is 53.3 Å². The van der Waals surface area contributed by atoms with Crippen LogP contribution in [0.25, 0.3) is 0 Å². The number of ether oxygens (including phenoxy) is 1. The smallest absolute Gasteiger partial charge is 0.328 e. The predicted octanol–water partition coefficient (Wildman–Crippen LogP) is 4.77. The second kappa shape index (κ2) is 6.76. The van der Waals surface area contributed by atoms with Crippen molar-refractivity contribution in [1.82, 2.24) is 0 Å². The van der Waals surface area contributed by atoms with Gasteiger partial charge in [0.25, 0.3) is 0 Å². The summed E-state index contributed by atoms with van der Waals surface area (Å²) < 4.78 is 5.19. The van der Waals surface area contributed by atoms with Crippen LogP contribution in [-0.2, 0) is 9.53 Å². The average Bonchev–Trinajstić information content (AvgIpc) is 2.58. The Bertz CT molecular complexity index is 847. The number of nitrogens with zero attached hydrogens (tertiary/aromatic N) is 2. The third kappa shape index (κ3) is 2.95. The van der Waals surface area contributed by atoms with Gasteiger partial charge in [0.05, 0.1) is 29.6 Å². The van der Waals surface area contributed by atoms with Crippen LogP contribution < -0.4 is 4.90 Å². The molecule has 6 heteroatoms. The summed E-state index contributed by atoms with van der Waals surface area (Å²) in [5.41, 5.74) is 2.26. The number of hydrogen-bond acceptors (Lipinski definition) is 5. The molecule has 0 fully saturated rings. The lowest BCUT2D eigenvalue weighted by molar-refractivity contribution is -0.144. The molecule has 0 saturated carbocycles. The summed E-state index contributed by atoms with van der Waals surface area (Å²) in [5.74, 6) is -0.307. The molecule has 2 aromatic carbocycles. The molecule has 0 bridgehead atoms. The number of esters is 1. The maximum Gasteiger partial charge on any atom is 0.328 e.